The van der Waals surface area contributed by atoms with E-state index in [1.807, 2.05) is 6.92 Å². The predicted octanol–water partition coefficient (Wildman–Crippen LogP) is 2.35. The van der Waals surface area contributed by atoms with Gasteiger partial charge in [0.25, 0.3) is 0 Å². The second kappa shape index (κ2) is 3.10. The van der Waals surface area contributed by atoms with E-state index in [0.29, 0.717) is 10.6 Å². The van der Waals surface area contributed by atoms with Crippen molar-refractivity contribution in [1.29, 1.82) is 0 Å². The Morgan fingerprint density at radius 2 is 2.21 bits per heavy atom. The smallest absolute Gasteiger partial charge is 0.152 e. The molecule has 0 atom stereocenters. The van der Waals surface area contributed by atoms with Crippen molar-refractivity contribution in [2.75, 3.05) is 0 Å². The molecule has 0 amide bonds. The van der Waals surface area contributed by atoms with E-state index in [1.165, 1.54) is 0 Å². The Morgan fingerprint density at radius 1 is 1.50 bits per heavy atom. The highest BCUT2D eigenvalue weighted by Crippen LogP contribution is 2.27. The summed E-state index contributed by atoms with van der Waals surface area (Å²) in [5, 5.41) is 5.73. The monoisotopic (exact) mass is 208 g/mol. The highest BCUT2D eigenvalue weighted by molar-refractivity contribution is 6.36. The number of halogens is 1. The molecular formula is C10H9ClN2O. The lowest BCUT2D eigenvalue weighted by molar-refractivity contribution is 0.112. The van der Waals surface area contributed by atoms with Gasteiger partial charge in [0.2, 0.25) is 0 Å². The van der Waals surface area contributed by atoms with Crippen molar-refractivity contribution in [3.8, 4) is 0 Å². The van der Waals surface area contributed by atoms with Crippen molar-refractivity contribution >= 4 is 28.8 Å². The summed E-state index contributed by atoms with van der Waals surface area (Å²) in [6.45, 7) is 1.88. The quantitative estimate of drug-likeness (QED) is 0.675. The van der Waals surface area contributed by atoms with Crippen LogP contribution in [-0.2, 0) is 7.05 Å². The number of fused-ring (bicyclic) bond motifs is 1. The number of nitrogens with zero attached hydrogens (tertiary/aromatic N) is 2. The van der Waals surface area contributed by atoms with Crippen LogP contribution in [0.2, 0.25) is 5.02 Å². The summed E-state index contributed by atoms with van der Waals surface area (Å²) in [6, 6.07) is 3.43. The molecule has 1 aromatic carbocycles. The van der Waals surface area contributed by atoms with Crippen LogP contribution in [0.4, 0.5) is 0 Å². The fourth-order valence-corrected chi connectivity index (χ4v) is 1.98. The summed E-state index contributed by atoms with van der Waals surface area (Å²) in [7, 11) is 1.80. The molecule has 2 aromatic rings. The molecule has 0 N–H and O–H groups in total. The van der Waals surface area contributed by atoms with E-state index in [-0.39, 0.29) is 0 Å². The summed E-state index contributed by atoms with van der Waals surface area (Å²) >= 11 is 6.04. The van der Waals surface area contributed by atoms with Gasteiger partial charge in [-0.25, -0.2) is 0 Å². The Balaban J connectivity index is 3.01. The zero-order valence-electron chi connectivity index (χ0n) is 7.91. The molecule has 14 heavy (non-hydrogen) atoms. The van der Waals surface area contributed by atoms with Crippen LogP contribution in [0.25, 0.3) is 10.9 Å². The minimum absolute atomic E-state index is 0.618. The third-order valence-electron chi connectivity index (χ3n) is 2.27. The van der Waals surface area contributed by atoms with Crippen molar-refractivity contribution in [1.82, 2.24) is 9.78 Å². The summed E-state index contributed by atoms with van der Waals surface area (Å²) in [5.74, 6) is 0. The van der Waals surface area contributed by atoms with Gasteiger partial charge in [-0.15, -0.1) is 0 Å². The van der Waals surface area contributed by atoms with Gasteiger partial charge in [-0.2, -0.15) is 5.10 Å². The van der Waals surface area contributed by atoms with Crippen molar-refractivity contribution < 1.29 is 4.79 Å². The topological polar surface area (TPSA) is 34.9 Å². The molecule has 1 heterocycles. The van der Waals surface area contributed by atoms with Crippen LogP contribution in [0.1, 0.15) is 16.1 Å². The molecule has 3 nitrogen and oxygen atoms in total. The van der Waals surface area contributed by atoms with Crippen molar-refractivity contribution in [3.63, 3.8) is 0 Å². The molecule has 0 radical (unpaired) electrons. The number of hydrogen-bond acceptors (Lipinski definition) is 2. The van der Waals surface area contributed by atoms with Crippen LogP contribution >= 0.6 is 11.6 Å². The van der Waals surface area contributed by atoms with Gasteiger partial charge < -0.3 is 0 Å². The minimum atomic E-state index is 0.618. The Bertz CT molecular complexity index is 516. The molecule has 0 saturated heterocycles. The molecule has 0 fully saturated rings. The number of carbonyl (C=O) groups is 1. The van der Waals surface area contributed by atoms with Gasteiger partial charge in [-0.3, -0.25) is 9.48 Å². The molecule has 1 aromatic heterocycles. The first-order valence-corrected chi connectivity index (χ1v) is 4.60. The van der Waals surface area contributed by atoms with Gasteiger partial charge in [0.05, 0.1) is 16.2 Å². The normalized spacial score (nSPS) is 10.8. The fourth-order valence-electron chi connectivity index (χ4n) is 1.70. The second-order valence-electron chi connectivity index (χ2n) is 3.19. The highest BCUT2D eigenvalue weighted by Gasteiger charge is 2.11. The number of hydrogen-bond donors (Lipinski definition) is 0. The third-order valence-corrected chi connectivity index (χ3v) is 2.59. The van der Waals surface area contributed by atoms with E-state index < -0.39 is 0 Å². The van der Waals surface area contributed by atoms with Crippen molar-refractivity contribution in [2.24, 2.45) is 7.05 Å². The number of carbonyl (C=O) groups excluding carboxylic acids is 1. The van der Waals surface area contributed by atoms with E-state index >= 15 is 0 Å². The van der Waals surface area contributed by atoms with E-state index in [0.717, 1.165) is 22.9 Å². The standard InChI is InChI=1S/C10H9ClN2O/c1-6-9-8(11)4-3-7(5-14)10(9)13(2)12-6/h3-5H,1-2H3. The third kappa shape index (κ3) is 1.13. The van der Waals surface area contributed by atoms with Gasteiger partial charge >= 0.3 is 0 Å². The van der Waals surface area contributed by atoms with Crippen LogP contribution < -0.4 is 0 Å². The fraction of sp³-hybridized carbons (Fsp3) is 0.200. The predicted molar refractivity (Wildman–Crippen MR) is 55.8 cm³/mol. The molecule has 0 aliphatic heterocycles. The number of benzene rings is 1. The summed E-state index contributed by atoms with van der Waals surface area (Å²) < 4.78 is 1.68. The average Bonchev–Trinajstić information content (AvgIpc) is 2.44. The van der Waals surface area contributed by atoms with E-state index in [1.54, 1.807) is 23.9 Å². The van der Waals surface area contributed by atoms with Gasteiger partial charge in [0.15, 0.2) is 6.29 Å². The lowest BCUT2D eigenvalue weighted by Crippen LogP contribution is -1.93. The van der Waals surface area contributed by atoms with Crippen LogP contribution in [0.3, 0.4) is 0 Å². The molecule has 0 saturated carbocycles. The summed E-state index contributed by atoms with van der Waals surface area (Å²) in [6.07, 6.45) is 0.819. The van der Waals surface area contributed by atoms with Gasteiger partial charge in [0.1, 0.15) is 0 Å². The molecular weight excluding hydrogens is 200 g/mol. The Morgan fingerprint density at radius 3 is 2.86 bits per heavy atom. The van der Waals surface area contributed by atoms with Gasteiger partial charge in [0, 0.05) is 18.0 Å². The lowest BCUT2D eigenvalue weighted by Gasteiger charge is -1.99. The highest BCUT2D eigenvalue weighted by atomic mass is 35.5. The lowest BCUT2D eigenvalue weighted by atomic mass is 10.1. The first-order chi connectivity index (χ1) is 6.65. The number of aryl methyl sites for hydroxylation is 2. The summed E-state index contributed by atoms with van der Waals surface area (Å²) in [5.41, 5.74) is 2.26. The second-order valence-corrected chi connectivity index (χ2v) is 3.59. The van der Waals surface area contributed by atoms with E-state index in [4.69, 9.17) is 11.6 Å². The maximum atomic E-state index is 10.8. The molecule has 2 rings (SSSR count). The van der Waals surface area contributed by atoms with Crippen molar-refractivity contribution in [2.45, 2.75) is 6.92 Å². The minimum Gasteiger partial charge on any atom is -0.298 e. The zero-order chi connectivity index (χ0) is 10.3. The number of rotatable bonds is 1. The first-order valence-electron chi connectivity index (χ1n) is 4.22. The Labute approximate surface area is 86.3 Å². The van der Waals surface area contributed by atoms with E-state index in [9.17, 15) is 4.79 Å². The van der Waals surface area contributed by atoms with Crippen LogP contribution in [0, 0.1) is 6.92 Å². The number of aldehydes is 1. The molecule has 0 unspecified atom stereocenters. The zero-order valence-corrected chi connectivity index (χ0v) is 8.67. The largest absolute Gasteiger partial charge is 0.298 e. The number of aromatic nitrogens is 2. The molecule has 0 aliphatic rings. The Kier molecular flexibility index (Phi) is 2.04. The SMILES string of the molecule is Cc1nn(C)c2c(C=O)ccc(Cl)c12. The molecule has 4 heteroatoms. The summed E-state index contributed by atoms with van der Waals surface area (Å²) in [4.78, 5) is 10.8. The molecule has 0 bridgehead atoms. The average molecular weight is 209 g/mol. The van der Waals surface area contributed by atoms with Crippen LogP contribution in [0.5, 0.6) is 0 Å². The van der Waals surface area contributed by atoms with Crippen LogP contribution in [-0.4, -0.2) is 16.1 Å². The first kappa shape index (κ1) is 9.21. The molecule has 0 spiro atoms. The van der Waals surface area contributed by atoms with Crippen LogP contribution in [0.15, 0.2) is 12.1 Å². The van der Waals surface area contributed by atoms with Crippen molar-refractivity contribution in [3.05, 3.63) is 28.4 Å². The van der Waals surface area contributed by atoms with Gasteiger partial charge in [-0.05, 0) is 19.1 Å². The van der Waals surface area contributed by atoms with Gasteiger partial charge in [-0.1, -0.05) is 11.6 Å². The molecule has 72 valence electrons. The van der Waals surface area contributed by atoms with E-state index in [2.05, 4.69) is 5.10 Å². The maximum Gasteiger partial charge on any atom is 0.152 e. The molecule has 0 aliphatic carbocycles. The Hall–Kier alpha value is -1.35. The maximum absolute atomic E-state index is 10.8.